The van der Waals surface area contributed by atoms with Gasteiger partial charge in [-0.3, -0.25) is 14.9 Å². The van der Waals surface area contributed by atoms with Gasteiger partial charge in [-0.25, -0.2) is 0 Å². The van der Waals surface area contributed by atoms with Crippen molar-refractivity contribution in [1.82, 2.24) is 0 Å². The Morgan fingerprint density at radius 2 is 1.79 bits per heavy atom. The molecule has 0 spiro atoms. The van der Waals surface area contributed by atoms with Crippen LogP contribution in [-0.4, -0.2) is 24.4 Å². The molecular weight excluding hydrogens is 306 g/mol. The van der Waals surface area contributed by atoms with E-state index >= 15 is 0 Å². The lowest BCUT2D eigenvalue weighted by molar-refractivity contribution is -0.384. The van der Waals surface area contributed by atoms with Crippen LogP contribution < -0.4 is 10.2 Å². The molecule has 0 atom stereocenters. The van der Waals surface area contributed by atoms with Crippen LogP contribution >= 0.6 is 0 Å². The third-order valence-electron chi connectivity index (χ3n) is 3.82. The molecule has 6 heteroatoms. The Balaban J connectivity index is 2.11. The Labute approximate surface area is 141 Å². The van der Waals surface area contributed by atoms with E-state index in [0.29, 0.717) is 18.8 Å². The Morgan fingerprint density at radius 3 is 2.38 bits per heavy atom. The van der Waals surface area contributed by atoms with E-state index in [0.717, 1.165) is 28.8 Å². The van der Waals surface area contributed by atoms with Crippen molar-refractivity contribution >= 4 is 23.5 Å². The summed E-state index contributed by atoms with van der Waals surface area (Å²) < 4.78 is 0. The van der Waals surface area contributed by atoms with Crippen LogP contribution in [0.4, 0.5) is 17.1 Å². The smallest absolute Gasteiger partial charge is 0.292 e. The van der Waals surface area contributed by atoms with Gasteiger partial charge in [-0.2, -0.15) is 0 Å². The molecule has 0 radical (unpaired) electrons. The normalized spacial score (nSPS) is 10.3. The van der Waals surface area contributed by atoms with E-state index in [-0.39, 0.29) is 5.69 Å². The van der Waals surface area contributed by atoms with Gasteiger partial charge in [0.15, 0.2) is 0 Å². The van der Waals surface area contributed by atoms with Crippen LogP contribution in [0.25, 0.3) is 0 Å². The van der Waals surface area contributed by atoms with Crippen molar-refractivity contribution in [2.75, 3.05) is 23.3 Å². The predicted molar refractivity (Wildman–Crippen MR) is 95.6 cm³/mol. The van der Waals surface area contributed by atoms with Gasteiger partial charge in [-0.15, -0.1) is 0 Å². The summed E-state index contributed by atoms with van der Waals surface area (Å²) >= 11 is 0. The van der Waals surface area contributed by atoms with Gasteiger partial charge in [0.2, 0.25) is 6.41 Å². The summed E-state index contributed by atoms with van der Waals surface area (Å²) in [5.74, 6) is 0. The zero-order valence-corrected chi connectivity index (χ0v) is 14.1. The highest BCUT2D eigenvalue weighted by atomic mass is 16.6. The van der Waals surface area contributed by atoms with Crippen molar-refractivity contribution in [3.63, 3.8) is 0 Å². The largest absolute Gasteiger partial charge is 0.378 e. The zero-order valence-electron chi connectivity index (χ0n) is 14.1. The maximum Gasteiger partial charge on any atom is 0.292 e. The number of carbonyl (C=O) groups is 1. The predicted octanol–water partition coefficient (Wildman–Crippen LogP) is 3.59. The number of para-hydroxylation sites is 2. The Hall–Kier alpha value is -2.89. The average Bonchev–Trinajstić information content (AvgIpc) is 2.52. The first-order valence-electron chi connectivity index (χ1n) is 7.71. The highest BCUT2D eigenvalue weighted by Crippen LogP contribution is 2.26. The molecule has 0 heterocycles. The number of benzene rings is 2. The molecule has 0 aliphatic rings. The minimum Gasteiger partial charge on any atom is -0.378 e. The number of nitrogens with one attached hydrogen (secondary N) is 1. The van der Waals surface area contributed by atoms with Gasteiger partial charge in [0, 0.05) is 24.8 Å². The van der Waals surface area contributed by atoms with Crippen molar-refractivity contribution in [1.29, 1.82) is 0 Å². The molecule has 0 aliphatic carbocycles. The Morgan fingerprint density at radius 1 is 1.17 bits per heavy atom. The molecule has 0 bridgehead atoms. The number of carbonyl (C=O) groups excluding carboxylic acids is 1. The second kappa shape index (κ2) is 7.59. The number of amides is 1. The van der Waals surface area contributed by atoms with E-state index in [1.807, 2.05) is 32.9 Å². The fraction of sp³-hybridized carbons (Fsp3) is 0.278. The lowest BCUT2D eigenvalue weighted by atomic mass is 10.0. The molecule has 2 aromatic carbocycles. The van der Waals surface area contributed by atoms with Crippen LogP contribution in [0.5, 0.6) is 0 Å². The summed E-state index contributed by atoms with van der Waals surface area (Å²) in [4.78, 5) is 23.7. The molecule has 2 aromatic rings. The van der Waals surface area contributed by atoms with Gasteiger partial charge < -0.3 is 10.2 Å². The number of nitrogens with zero attached hydrogens (tertiary/aromatic N) is 2. The van der Waals surface area contributed by atoms with Gasteiger partial charge >= 0.3 is 0 Å². The molecule has 1 N–H and O–H groups in total. The van der Waals surface area contributed by atoms with Crippen LogP contribution in [-0.2, 0) is 4.79 Å². The molecule has 0 saturated heterocycles. The zero-order chi connectivity index (χ0) is 17.7. The van der Waals surface area contributed by atoms with Crippen LogP contribution in [0, 0.1) is 30.9 Å². The highest BCUT2D eigenvalue weighted by molar-refractivity contribution is 5.79. The Bertz CT molecular complexity index is 736. The van der Waals surface area contributed by atoms with Gasteiger partial charge in [-0.1, -0.05) is 29.8 Å². The Kier molecular flexibility index (Phi) is 5.52. The van der Waals surface area contributed by atoms with E-state index in [9.17, 15) is 14.9 Å². The van der Waals surface area contributed by atoms with Gasteiger partial charge in [0.1, 0.15) is 5.69 Å². The minimum atomic E-state index is -0.423. The molecule has 126 valence electrons. The van der Waals surface area contributed by atoms with Crippen LogP contribution in [0.2, 0.25) is 0 Å². The second-order valence-electron chi connectivity index (χ2n) is 5.75. The molecule has 0 saturated carbocycles. The fourth-order valence-corrected chi connectivity index (χ4v) is 2.94. The maximum absolute atomic E-state index is 11.5. The highest BCUT2D eigenvalue weighted by Gasteiger charge is 2.14. The van der Waals surface area contributed by atoms with Gasteiger partial charge in [0.25, 0.3) is 5.69 Å². The topological polar surface area (TPSA) is 75.5 Å². The van der Waals surface area contributed by atoms with E-state index in [4.69, 9.17) is 0 Å². The van der Waals surface area contributed by atoms with E-state index in [1.165, 1.54) is 6.07 Å². The second-order valence-corrected chi connectivity index (χ2v) is 5.75. The summed E-state index contributed by atoms with van der Waals surface area (Å²) in [6.07, 6.45) is 0.797. The van der Waals surface area contributed by atoms with Crippen LogP contribution in [0.3, 0.4) is 0 Å². The third kappa shape index (κ3) is 3.90. The van der Waals surface area contributed by atoms with Crippen LogP contribution in [0.15, 0.2) is 36.4 Å². The molecule has 24 heavy (non-hydrogen) atoms. The molecular formula is C18H21N3O3. The number of aryl methyl sites for hydroxylation is 3. The third-order valence-corrected chi connectivity index (χ3v) is 3.82. The summed E-state index contributed by atoms with van der Waals surface area (Å²) in [5, 5.41) is 14.1. The number of nitro groups is 1. The first-order valence-corrected chi connectivity index (χ1v) is 7.71. The van der Waals surface area contributed by atoms with Gasteiger partial charge in [-0.05, 0) is 38.0 Å². The summed E-state index contributed by atoms with van der Waals surface area (Å²) in [7, 11) is 0. The van der Waals surface area contributed by atoms with Gasteiger partial charge in [0.05, 0.1) is 4.92 Å². The molecule has 0 aromatic heterocycles. The lowest BCUT2D eigenvalue weighted by Crippen LogP contribution is -2.29. The monoisotopic (exact) mass is 327 g/mol. The van der Waals surface area contributed by atoms with Crippen molar-refractivity contribution in [3.05, 3.63) is 63.2 Å². The number of hydrogen-bond acceptors (Lipinski definition) is 4. The van der Waals surface area contributed by atoms with Crippen molar-refractivity contribution in [2.24, 2.45) is 0 Å². The molecule has 0 unspecified atom stereocenters. The lowest BCUT2D eigenvalue weighted by Gasteiger charge is -2.23. The SMILES string of the molecule is Cc1cc(C)c(N(C=O)CCNc2ccccc2[N+](=O)[O-])c(C)c1. The van der Waals surface area contributed by atoms with Crippen molar-refractivity contribution in [2.45, 2.75) is 20.8 Å². The minimum absolute atomic E-state index is 0.0258. The standard InChI is InChI=1S/C18H21N3O3/c1-13-10-14(2)18(15(3)11-13)20(12-22)9-8-19-16-6-4-5-7-17(16)21(23)24/h4-7,10-12,19H,8-9H2,1-3H3. The average molecular weight is 327 g/mol. The molecule has 6 nitrogen and oxygen atoms in total. The first kappa shape index (κ1) is 17.5. The summed E-state index contributed by atoms with van der Waals surface area (Å²) in [6, 6.07) is 10.5. The molecule has 2 rings (SSSR count). The maximum atomic E-state index is 11.5. The first-order chi connectivity index (χ1) is 11.4. The summed E-state index contributed by atoms with van der Waals surface area (Å²) in [6.45, 7) is 6.80. The van der Waals surface area contributed by atoms with E-state index in [2.05, 4.69) is 5.32 Å². The molecule has 1 amide bonds. The van der Waals surface area contributed by atoms with Crippen LogP contribution in [0.1, 0.15) is 16.7 Å². The molecule has 0 fully saturated rings. The quantitative estimate of drug-likeness (QED) is 0.479. The van der Waals surface area contributed by atoms with Crippen molar-refractivity contribution < 1.29 is 9.72 Å². The van der Waals surface area contributed by atoms with Crippen molar-refractivity contribution in [3.8, 4) is 0 Å². The fourth-order valence-electron chi connectivity index (χ4n) is 2.94. The number of hydrogen-bond donors (Lipinski definition) is 1. The number of nitro benzene ring substituents is 1. The molecule has 0 aliphatic heterocycles. The van der Waals surface area contributed by atoms with E-state index in [1.54, 1.807) is 23.1 Å². The number of rotatable bonds is 7. The van der Waals surface area contributed by atoms with E-state index < -0.39 is 4.92 Å². The summed E-state index contributed by atoms with van der Waals surface area (Å²) in [5.41, 5.74) is 4.58. The number of anilines is 2.